The molecular formula is C32H45FN4O7. The molecule has 0 radical (unpaired) electrons. The lowest BCUT2D eigenvalue weighted by molar-refractivity contribution is -0.159. The van der Waals surface area contributed by atoms with E-state index in [1.165, 1.54) is 23.3 Å². The van der Waals surface area contributed by atoms with Gasteiger partial charge in [-0.2, -0.15) is 0 Å². The monoisotopic (exact) mass is 616 g/mol. The van der Waals surface area contributed by atoms with E-state index in [-0.39, 0.29) is 48.7 Å². The van der Waals surface area contributed by atoms with Crippen LogP contribution in [0.3, 0.4) is 0 Å². The SMILES string of the molecule is CC1=C[C@@H](O)C[C@@H](F)Cc2nc(co2)C(=O)N2CCC[C@@H]2C(=O)O[C@H]([C@@H](C)CN2CCOCC2)[C@H](C)/C=C/C(=O)NCC=C1. The summed E-state index contributed by atoms with van der Waals surface area (Å²) < 4.78 is 31.8. The number of nitrogens with zero attached hydrogens (tertiary/aromatic N) is 3. The summed E-state index contributed by atoms with van der Waals surface area (Å²) in [4.78, 5) is 47.5. The topological polar surface area (TPSA) is 134 Å². The normalized spacial score (nSPS) is 30.2. The summed E-state index contributed by atoms with van der Waals surface area (Å²) in [6.07, 6.45) is 7.00. The van der Waals surface area contributed by atoms with Gasteiger partial charge in [-0.05, 0) is 25.8 Å². The number of carbonyl (C=O) groups excluding carboxylic acids is 3. The Balaban J connectivity index is 1.57. The van der Waals surface area contributed by atoms with E-state index in [2.05, 4.69) is 15.2 Å². The van der Waals surface area contributed by atoms with Crippen molar-refractivity contribution in [3.05, 3.63) is 53.8 Å². The molecular weight excluding hydrogens is 571 g/mol. The predicted molar refractivity (Wildman–Crippen MR) is 160 cm³/mol. The van der Waals surface area contributed by atoms with Gasteiger partial charge in [0.15, 0.2) is 11.6 Å². The number of cyclic esters (lactones) is 1. The van der Waals surface area contributed by atoms with E-state index in [0.29, 0.717) is 44.7 Å². The molecule has 4 rings (SSSR count). The Morgan fingerprint density at radius 2 is 1.95 bits per heavy atom. The molecule has 2 N–H and O–H groups in total. The standard InChI is InChI=1S/C32H45FN4O7/c1-21-6-4-10-34-28(39)9-8-22(2)30(23(3)19-36-12-14-42-15-13-36)44-32(41)27-7-5-11-37(27)31(40)26-20-43-29(35-26)18-24(33)17-25(38)16-21/h4,6,8-9,16,20,22-25,27,30,38H,5,7,10-15,17-19H2,1-3H3,(H,34,39)/b6-4?,9-8+,21-16?/t22-,23+,24-,25-,27-,30+/m1/s1. The van der Waals surface area contributed by atoms with Gasteiger partial charge in [0, 0.05) is 51.0 Å². The number of esters is 1. The number of halogens is 1. The van der Waals surface area contributed by atoms with Crippen LogP contribution in [-0.2, 0) is 25.5 Å². The van der Waals surface area contributed by atoms with E-state index in [1.54, 1.807) is 25.2 Å². The van der Waals surface area contributed by atoms with Crippen molar-refractivity contribution < 1.29 is 37.8 Å². The van der Waals surface area contributed by atoms with Crippen LogP contribution in [0.15, 0.2) is 46.6 Å². The van der Waals surface area contributed by atoms with Crippen molar-refractivity contribution in [2.45, 2.75) is 70.9 Å². The van der Waals surface area contributed by atoms with Gasteiger partial charge in [0.1, 0.15) is 24.6 Å². The summed E-state index contributed by atoms with van der Waals surface area (Å²) in [6.45, 7) is 9.85. The second-order valence-corrected chi connectivity index (χ2v) is 12.0. The number of aliphatic hydroxyl groups is 1. The minimum atomic E-state index is -1.46. The minimum absolute atomic E-state index is 0.00809. The zero-order chi connectivity index (χ0) is 31.6. The Kier molecular flexibility index (Phi) is 12.3. The molecule has 242 valence electrons. The van der Waals surface area contributed by atoms with Crippen LogP contribution in [0, 0.1) is 11.8 Å². The van der Waals surface area contributed by atoms with Crippen LogP contribution >= 0.6 is 0 Å². The van der Waals surface area contributed by atoms with Crippen molar-refractivity contribution >= 4 is 17.8 Å². The molecule has 6 atom stereocenters. The van der Waals surface area contributed by atoms with Crippen LogP contribution in [-0.4, -0.2) is 108 Å². The van der Waals surface area contributed by atoms with Gasteiger partial charge in [0.25, 0.3) is 5.91 Å². The van der Waals surface area contributed by atoms with Crippen molar-refractivity contribution in [2.75, 3.05) is 45.9 Å². The van der Waals surface area contributed by atoms with Gasteiger partial charge in [-0.1, -0.05) is 43.7 Å². The van der Waals surface area contributed by atoms with Crippen LogP contribution in [0.1, 0.15) is 56.4 Å². The molecule has 2 bridgehead atoms. The first-order chi connectivity index (χ1) is 21.1. The number of oxazole rings is 1. The lowest BCUT2D eigenvalue weighted by Crippen LogP contribution is -2.46. The fourth-order valence-corrected chi connectivity index (χ4v) is 5.93. The summed E-state index contributed by atoms with van der Waals surface area (Å²) >= 11 is 0. The molecule has 0 spiro atoms. The fourth-order valence-electron chi connectivity index (χ4n) is 5.93. The van der Waals surface area contributed by atoms with Gasteiger partial charge >= 0.3 is 5.97 Å². The lowest BCUT2D eigenvalue weighted by Gasteiger charge is -2.35. The number of nitrogens with one attached hydrogen (secondary N) is 1. The molecule has 2 amide bonds. The number of hydrogen-bond donors (Lipinski definition) is 2. The Bertz CT molecular complexity index is 1220. The second-order valence-electron chi connectivity index (χ2n) is 12.0. The molecule has 0 aromatic carbocycles. The summed E-state index contributed by atoms with van der Waals surface area (Å²) in [5, 5.41) is 13.1. The summed E-state index contributed by atoms with van der Waals surface area (Å²) in [5.74, 6) is -1.61. The third-order valence-electron chi connectivity index (χ3n) is 8.21. The summed E-state index contributed by atoms with van der Waals surface area (Å²) in [6, 6.07) is -0.798. The Morgan fingerprint density at radius 3 is 2.73 bits per heavy atom. The molecule has 2 fully saturated rings. The maximum absolute atomic E-state index is 14.7. The van der Waals surface area contributed by atoms with Crippen molar-refractivity contribution in [3.63, 3.8) is 0 Å². The highest BCUT2D eigenvalue weighted by molar-refractivity contribution is 5.95. The number of carbonyl (C=O) groups is 3. The fraction of sp³-hybridized carbons (Fsp3) is 0.625. The average Bonchev–Trinajstić information content (AvgIpc) is 3.66. The van der Waals surface area contributed by atoms with Crippen molar-refractivity contribution in [2.24, 2.45) is 11.8 Å². The highest BCUT2D eigenvalue weighted by atomic mass is 19.1. The highest BCUT2D eigenvalue weighted by Crippen LogP contribution is 2.26. The molecule has 1 aromatic rings. The minimum Gasteiger partial charge on any atom is -0.460 e. The van der Waals surface area contributed by atoms with Crippen molar-refractivity contribution in [3.8, 4) is 0 Å². The Hall–Kier alpha value is -3.35. The van der Waals surface area contributed by atoms with Crippen LogP contribution in [0.5, 0.6) is 0 Å². The molecule has 44 heavy (non-hydrogen) atoms. The van der Waals surface area contributed by atoms with E-state index >= 15 is 0 Å². The number of morpholine rings is 1. The summed E-state index contributed by atoms with van der Waals surface area (Å²) in [7, 11) is 0. The van der Waals surface area contributed by atoms with Crippen LogP contribution in [0.2, 0.25) is 0 Å². The van der Waals surface area contributed by atoms with E-state index < -0.39 is 36.3 Å². The first-order valence-corrected chi connectivity index (χ1v) is 15.5. The van der Waals surface area contributed by atoms with E-state index in [9.17, 15) is 23.9 Å². The first kappa shape index (κ1) is 33.5. The number of hydrogen-bond acceptors (Lipinski definition) is 9. The van der Waals surface area contributed by atoms with Gasteiger partial charge < -0.3 is 29.2 Å². The number of ether oxygens (including phenoxy) is 2. The van der Waals surface area contributed by atoms with Gasteiger partial charge in [-0.25, -0.2) is 14.2 Å². The molecule has 2 saturated heterocycles. The number of amides is 2. The maximum atomic E-state index is 14.7. The van der Waals surface area contributed by atoms with Gasteiger partial charge in [-0.15, -0.1) is 0 Å². The third-order valence-corrected chi connectivity index (χ3v) is 8.21. The van der Waals surface area contributed by atoms with E-state index in [4.69, 9.17) is 13.9 Å². The number of fused-ring (bicyclic) bond motifs is 3. The second kappa shape index (κ2) is 16.1. The van der Waals surface area contributed by atoms with Crippen LogP contribution < -0.4 is 5.32 Å². The molecule has 3 aliphatic rings. The van der Waals surface area contributed by atoms with Crippen LogP contribution in [0.25, 0.3) is 0 Å². The summed E-state index contributed by atoms with van der Waals surface area (Å²) in [5.41, 5.74) is 0.704. The van der Waals surface area contributed by atoms with E-state index in [1.807, 2.05) is 13.8 Å². The largest absolute Gasteiger partial charge is 0.460 e. The average molecular weight is 617 g/mol. The molecule has 12 heteroatoms. The zero-order valence-electron chi connectivity index (χ0n) is 25.8. The molecule has 11 nitrogen and oxygen atoms in total. The maximum Gasteiger partial charge on any atom is 0.329 e. The third kappa shape index (κ3) is 9.57. The van der Waals surface area contributed by atoms with Gasteiger partial charge in [0.2, 0.25) is 5.91 Å². The lowest BCUT2D eigenvalue weighted by atomic mass is 9.92. The Labute approximate surface area is 258 Å². The van der Waals surface area contributed by atoms with E-state index in [0.717, 1.165) is 13.1 Å². The van der Waals surface area contributed by atoms with Crippen LogP contribution in [0.4, 0.5) is 4.39 Å². The quantitative estimate of drug-likeness (QED) is 0.492. The number of aliphatic hydroxyl groups excluding tert-OH is 1. The molecule has 0 unspecified atom stereocenters. The van der Waals surface area contributed by atoms with Crippen molar-refractivity contribution in [1.29, 1.82) is 0 Å². The Morgan fingerprint density at radius 1 is 1.18 bits per heavy atom. The smallest absolute Gasteiger partial charge is 0.329 e. The highest BCUT2D eigenvalue weighted by Gasteiger charge is 2.39. The molecule has 4 heterocycles. The van der Waals surface area contributed by atoms with Gasteiger partial charge in [-0.3, -0.25) is 14.5 Å². The first-order valence-electron chi connectivity index (χ1n) is 15.5. The molecule has 1 aromatic heterocycles. The number of rotatable bonds is 3. The predicted octanol–water partition coefficient (Wildman–Crippen LogP) is 2.62. The number of allylic oxidation sites excluding steroid dienone is 2. The molecule has 0 aliphatic carbocycles. The zero-order valence-corrected chi connectivity index (χ0v) is 25.8. The molecule has 0 saturated carbocycles. The van der Waals surface area contributed by atoms with Crippen molar-refractivity contribution in [1.82, 2.24) is 20.1 Å². The number of aromatic nitrogens is 1. The number of alkyl halides is 1. The van der Waals surface area contributed by atoms with Gasteiger partial charge in [0.05, 0.1) is 25.7 Å². The molecule has 3 aliphatic heterocycles.